The Balaban J connectivity index is 2.03. The molecule has 0 amide bonds. The lowest BCUT2D eigenvalue weighted by atomic mass is 10.00. The third-order valence-electron chi connectivity index (χ3n) is 4.06. The summed E-state index contributed by atoms with van der Waals surface area (Å²) in [5.41, 5.74) is 0.568. The fraction of sp³-hybridized carbons (Fsp3) is 0.588. The van der Waals surface area contributed by atoms with Crippen LogP contribution in [0, 0.1) is 10.1 Å². The number of nitro groups is 1. The van der Waals surface area contributed by atoms with Gasteiger partial charge in [0.15, 0.2) is 0 Å². The molecule has 1 aliphatic rings. The Hall–Kier alpha value is -2.03. The van der Waals surface area contributed by atoms with Crippen LogP contribution in [0.2, 0.25) is 0 Å². The van der Waals surface area contributed by atoms with Crippen molar-refractivity contribution in [2.24, 2.45) is 0 Å². The SMILES string of the molecule is COC(=O)CCCCOC(c1ccccc1[N+](=O)[O-])C1COCCN1. The van der Waals surface area contributed by atoms with Gasteiger partial charge in [-0.25, -0.2) is 0 Å². The molecule has 0 spiro atoms. The normalized spacial score (nSPS) is 18.5. The third kappa shape index (κ3) is 5.77. The molecule has 1 heterocycles. The minimum absolute atomic E-state index is 0.0365. The minimum Gasteiger partial charge on any atom is -0.469 e. The number of nitrogens with zero attached hydrogens (tertiary/aromatic N) is 1. The maximum atomic E-state index is 11.3. The molecule has 1 fully saturated rings. The van der Waals surface area contributed by atoms with Crippen LogP contribution >= 0.6 is 0 Å². The maximum absolute atomic E-state index is 11.3. The molecule has 138 valence electrons. The maximum Gasteiger partial charge on any atom is 0.305 e. The van der Waals surface area contributed by atoms with Gasteiger partial charge in [0.25, 0.3) is 5.69 Å². The first-order valence-corrected chi connectivity index (χ1v) is 8.36. The summed E-state index contributed by atoms with van der Waals surface area (Å²) in [6.07, 6.45) is 1.16. The van der Waals surface area contributed by atoms with Crippen molar-refractivity contribution in [2.45, 2.75) is 31.4 Å². The Labute approximate surface area is 146 Å². The Morgan fingerprint density at radius 3 is 2.92 bits per heavy atom. The number of esters is 1. The van der Waals surface area contributed by atoms with E-state index in [9.17, 15) is 14.9 Å². The zero-order valence-electron chi connectivity index (χ0n) is 14.3. The van der Waals surface area contributed by atoms with Gasteiger partial charge in [-0.3, -0.25) is 14.9 Å². The van der Waals surface area contributed by atoms with Gasteiger partial charge >= 0.3 is 5.97 Å². The molecule has 25 heavy (non-hydrogen) atoms. The minimum atomic E-state index is -0.486. The van der Waals surface area contributed by atoms with Gasteiger partial charge < -0.3 is 19.5 Å². The lowest BCUT2D eigenvalue weighted by Gasteiger charge is -2.31. The number of hydrogen-bond acceptors (Lipinski definition) is 7. The monoisotopic (exact) mass is 352 g/mol. The molecule has 0 bridgehead atoms. The number of carbonyl (C=O) groups is 1. The molecular formula is C17H24N2O6. The number of para-hydroxylation sites is 1. The van der Waals surface area contributed by atoms with E-state index >= 15 is 0 Å². The van der Waals surface area contributed by atoms with Gasteiger partial charge in [0, 0.05) is 25.6 Å². The summed E-state index contributed by atoms with van der Waals surface area (Å²) in [7, 11) is 1.36. The van der Waals surface area contributed by atoms with Crippen molar-refractivity contribution in [1.29, 1.82) is 0 Å². The van der Waals surface area contributed by atoms with Gasteiger partial charge in [0.2, 0.25) is 0 Å². The van der Waals surface area contributed by atoms with Gasteiger partial charge in [0.1, 0.15) is 6.10 Å². The third-order valence-corrected chi connectivity index (χ3v) is 4.06. The highest BCUT2D eigenvalue weighted by Gasteiger charge is 2.31. The topological polar surface area (TPSA) is 99.9 Å². The molecular weight excluding hydrogens is 328 g/mol. The van der Waals surface area contributed by atoms with Crippen LogP contribution in [0.25, 0.3) is 0 Å². The van der Waals surface area contributed by atoms with E-state index < -0.39 is 11.0 Å². The number of benzene rings is 1. The Morgan fingerprint density at radius 1 is 1.44 bits per heavy atom. The van der Waals surface area contributed by atoms with E-state index in [4.69, 9.17) is 9.47 Å². The number of rotatable bonds is 9. The summed E-state index contributed by atoms with van der Waals surface area (Å²) < 4.78 is 16.1. The van der Waals surface area contributed by atoms with Crippen molar-refractivity contribution in [3.8, 4) is 0 Å². The van der Waals surface area contributed by atoms with Crippen molar-refractivity contribution >= 4 is 11.7 Å². The quantitative estimate of drug-likeness (QED) is 0.314. The molecule has 2 atom stereocenters. The second-order valence-corrected chi connectivity index (χ2v) is 5.78. The highest BCUT2D eigenvalue weighted by molar-refractivity contribution is 5.68. The van der Waals surface area contributed by atoms with Gasteiger partial charge in [-0.05, 0) is 18.9 Å². The summed E-state index contributed by atoms with van der Waals surface area (Å²) in [4.78, 5) is 22.1. The summed E-state index contributed by atoms with van der Waals surface area (Å²) >= 11 is 0. The molecule has 0 aliphatic carbocycles. The zero-order chi connectivity index (χ0) is 18.1. The number of morpholine rings is 1. The smallest absolute Gasteiger partial charge is 0.305 e. The average molecular weight is 352 g/mol. The molecule has 1 N–H and O–H groups in total. The van der Waals surface area contributed by atoms with E-state index in [1.54, 1.807) is 18.2 Å². The predicted molar refractivity (Wildman–Crippen MR) is 90.3 cm³/mol. The fourth-order valence-electron chi connectivity index (χ4n) is 2.78. The number of nitrogens with one attached hydrogen (secondary N) is 1. The summed E-state index contributed by atoms with van der Waals surface area (Å²) in [6, 6.07) is 6.44. The number of nitro benzene ring substituents is 1. The molecule has 0 radical (unpaired) electrons. The highest BCUT2D eigenvalue weighted by Crippen LogP contribution is 2.31. The van der Waals surface area contributed by atoms with Crippen LogP contribution in [0.15, 0.2) is 24.3 Å². The number of ether oxygens (including phenoxy) is 3. The largest absolute Gasteiger partial charge is 0.469 e. The molecule has 1 aromatic rings. The van der Waals surface area contributed by atoms with Crippen molar-refractivity contribution in [1.82, 2.24) is 5.32 Å². The molecule has 1 saturated heterocycles. The first-order chi connectivity index (χ1) is 12.1. The van der Waals surface area contributed by atoms with Crippen molar-refractivity contribution in [3.05, 3.63) is 39.9 Å². The van der Waals surface area contributed by atoms with E-state index in [1.807, 2.05) is 0 Å². The van der Waals surface area contributed by atoms with E-state index in [0.717, 1.165) is 0 Å². The van der Waals surface area contributed by atoms with Crippen LogP contribution in [0.3, 0.4) is 0 Å². The Morgan fingerprint density at radius 2 is 2.24 bits per heavy atom. The van der Waals surface area contributed by atoms with E-state index in [1.165, 1.54) is 13.2 Å². The van der Waals surface area contributed by atoms with Gasteiger partial charge in [-0.1, -0.05) is 12.1 Å². The molecule has 0 saturated carbocycles. The van der Waals surface area contributed by atoms with Gasteiger partial charge in [-0.15, -0.1) is 0 Å². The van der Waals surface area contributed by atoms with E-state index in [-0.39, 0.29) is 17.7 Å². The lowest BCUT2D eigenvalue weighted by molar-refractivity contribution is -0.386. The number of methoxy groups -OCH3 is 1. The summed E-state index contributed by atoms with van der Waals surface area (Å²) in [5, 5.41) is 14.6. The Kier molecular flexibility index (Phi) is 7.77. The van der Waals surface area contributed by atoms with E-state index in [0.29, 0.717) is 51.2 Å². The van der Waals surface area contributed by atoms with Crippen LogP contribution in [0.5, 0.6) is 0 Å². The van der Waals surface area contributed by atoms with Crippen LogP contribution < -0.4 is 5.32 Å². The number of unbranched alkanes of at least 4 members (excludes halogenated alkanes) is 1. The molecule has 1 aliphatic heterocycles. The number of carbonyl (C=O) groups excluding carboxylic acids is 1. The van der Waals surface area contributed by atoms with Crippen molar-refractivity contribution < 1.29 is 23.9 Å². The van der Waals surface area contributed by atoms with E-state index in [2.05, 4.69) is 10.1 Å². The van der Waals surface area contributed by atoms with Crippen LogP contribution in [0.1, 0.15) is 30.9 Å². The molecule has 2 unspecified atom stereocenters. The molecule has 1 aromatic carbocycles. The van der Waals surface area contributed by atoms with Crippen molar-refractivity contribution in [2.75, 3.05) is 33.5 Å². The molecule has 8 heteroatoms. The average Bonchev–Trinajstić information content (AvgIpc) is 2.65. The van der Waals surface area contributed by atoms with Gasteiger partial charge in [0.05, 0.1) is 36.9 Å². The summed E-state index contributed by atoms with van der Waals surface area (Å²) in [6.45, 7) is 2.11. The van der Waals surface area contributed by atoms with Gasteiger partial charge in [-0.2, -0.15) is 0 Å². The predicted octanol–water partition coefficient (Wildman–Crippen LogP) is 1.98. The van der Waals surface area contributed by atoms with Crippen LogP contribution in [-0.2, 0) is 19.0 Å². The molecule has 8 nitrogen and oxygen atoms in total. The highest BCUT2D eigenvalue weighted by atomic mass is 16.6. The first-order valence-electron chi connectivity index (χ1n) is 8.36. The number of hydrogen-bond donors (Lipinski definition) is 1. The molecule has 0 aromatic heterocycles. The standard InChI is InChI=1S/C17H24N2O6/c1-23-16(20)8-4-5-10-25-17(14-12-24-11-9-18-14)13-6-2-3-7-15(13)19(21)22/h2-3,6-7,14,17-18H,4-5,8-12H2,1H3. The van der Waals surface area contributed by atoms with Crippen LogP contribution in [0.4, 0.5) is 5.69 Å². The zero-order valence-corrected chi connectivity index (χ0v) is 14.3. The Bertz CT molecular complexity index is 574. The van der Waals surface area contributed by atoms with Crippen molar-refractivity contribution in [3.63, 3.8) is 0 Å². The lowest BCUT2D eigenvalue weighted by Crippen LogP contribution is -2.46. The molecule has 2 rings (SSSR count). The fourth-order valence-corrected chi connectivity index (χ4v) is 2.78. The second kappa shape index (κ2) is 10.1. The van der Waals surface area contributed by atoms with Crippen LogP contribution in [-0.4, -0.2) is 50.4 Å². The second-order valence-electron chi connectivity index (χ2n) is 5.78. The summed E-state index contributed by atoms with van der Waals surface area (Å²) in [5.74, 6) is -0.252. The first kappa shape index (κ1) is 19.3.